The van der Waals surface area contributed by atoms with Gasteiger partial charge in [0.25, 0.3) is 0 Å². The molecule has 2 rings (SSSR count). The molecule has 0 aliphatic heterocycles. The van der Waals surface area contributed by atoms with Crippen molar-refractivity contribution in [2.45, 2.75) is 45.1 Å². The number of nitrogens with one attached hydrogen (secondary N) is 2. The molecule has 2 unspecified atom stereocenters. The fourth-order valence-corrected chi connectivity index (χ4v) is 4.94. The van der Waals surface area contributed by atoms with E-state index in [0.29, 0.717) is 23.3 Å². The molecule has 1 fully saturated rings. The summed E-state index contributed by atoms with van der Waals surface area (Å²) in [6, 6.07) is 1.81. The lowest BCUT2D eigenvalue weighted by Gasteiger charge is -2.05. The zero-order chi connectivity index (χ0) is 14.8. The topological polar surface area (TPSA) is 58.2 Å². The molecule has 1 aromatic rings. The van der Waals surface area contributed by atoms with Gasteiger partial charge in [-0.25, -0.2) is 13.1 Å². The molecule has 2 atom stereocenters. The van der Waals surface area contributed by atoms with Gasteiger partial charge in [-0.3, -0.25) is 0 Å². The number of hydrogen-bond donors (Lipinski definition) is 2. The van der Waals surface area contributed by atoms with Gasteiger partial charge in [0.1, 0.15) is 0 Å². The highest BCUT2D eigenvalue weighted by Crippen LogP contribution is 2.37. The first-order valence-electron chi connectivity index (χ1n) is 7.23. The van der Waals surface area contributed by atoms with Crippen molar-refractivity contribution in [3.8, 4) is 0 Å². The zero-order valence-electron chi connectivity index (χ0n) is 12.4. The van der Waals surface area contributed by atoms with Crippen LogP contribution in [0.5, 0.6) is 0 Å². The monoisotopic (exact) mass is 316 g/mol. The van der Waals surface area contributed by atoms with Gasteiger partial charge in [0.05, 0.1) is 4.90 Å². The molecule has 1 aliphatic rings. The second-order valence-corrected chi connectivity index (χ2v) is 8.71. The average Bonchev–Trinajstić information content (AvgIpc) is 2.95. The van der Waals surface area contributed by atoms with Crippen LogP contribution in [0, 0.1) is 18.8 Å². The minimum absolute atomic E-state index is 0.448. The summed E-state index contributed by atoms with van der Waals surface area (Å²) in [5.74, 6) is 1.18. The molecule has 20 heavy (non-hydrogen) atoms. The van der Waals surface area contributed by atoms with Crippen LogP contribution in [0.4, 0.5) is 0 Å². The van der Waals surface area contributed by atoms with Crippen LogP contribution in [0.2, 0.25) is 0 Å². The lowest BCUT2D eigenvalue weighted by atomic mass is 10.3. The third-order valence-electron chi connectivity index (χ3n) is 3.75. The van der Waals surface area contributed by atoms with Crippen LogP contribution in [-0.2, 0) is 16.6 Å². The van der Waals surface area contributed by atoms with Gasteiger partial charge < -0.3 is 5.32 Å². The number of rotatable bonds is 8. The van der Waals surface area contributed by atoms with Crippen molar-refractivity contribution in [1.29, 1.82) is 0 Å². The van der Waals surface area contributed by atoms with Crippen molar-refractivity contribution in [1.82, 2.24) is 10.0 Å². The minimum atomic E-state index is -3.35. The van der Waals surface area contributed by atoms with E-state index in [9.17, 15) is 8.42 Å². The molecule has 1 aromatic heterocycles. The van der Waals surface area contributed by atoms with E-state index in [1.54, 1.807) is 17.4 Å². The molecule has 0 saturated heterocycles. The zero-order valence-corrected chi connectivity index (χ0v) is 14.0. The molecule has 1 aliphatic carbocycles. The Bertz CT molecular complexity index is 552. The van der Waals surface area contributed by atoms with E-state index < -0.39 is 10.0 Å². The molecule has 0 aromatic carbocycles. The van der Waals surface area contributed by atoms with E-state index in [1.165, 1.54) is 0 Å². The van der Waals surface area contributed by atoms with Crippen molar-refractivity contribution in [2.75, 3.05) is 13.1 Å². The fraction of sp³-hybridized carbons (Fsp3) is 0.714. The highest BCUT2D eigenvalue weighted by Gasteiger charge is 2.33. The van der Waals surface area contributed by atoms with Gasteiger partial charge in [-0.05, 0) is 44.2 Å². The predicted octanol–water partition coefficient (Wildman–Crippen LogP) is 2.49. The number of aryl methyl sites for hydroxylation is 1. The van der Waals surface area contributed by atoms with Crippen molar-refractivity contribution in [2.24, 2.45) is 11.8 Å². The Hall–Kier alpha value is -0.430. The van der Waals surface area contributed by atoms with Gasteiger partial charge in [0, 0.05) is 22.8 Å². The molecular formula is C14H24N2O2S2. The molecule has 1 saturated carbocycles. The molecule has 0 amide bonds. The number of thiophene rings is 1. The Balaban J connectivity index is 1.99. The number of hydrogen-bond acceptors (Lipinski definition) is 4. The van der Waals surface area contributed by atoms with Gasteiger partial charge in [0.15, 0.2) is 0 Å². The van der Waals surface area contributed by atoms with E-state index >= 15 is 0 Å². The minimum Gasteiger partial charge on any atom is -0.312 e. The van der Waals surface area contributed by atoms with Crippen LogP contribution >= 0.6 is 11.3 Å². The Morgan fingerprint density at radius 2 is 2.15 bits per heavy atom. The maximum Gasteiger partial charge on any atom is 0.241 e. The first-order valence-corrected chi connectivity index (χ1v) is 9.53. The second-order valence-electron chi connectivity index (χ2n) is 5.63. The van der Waals surface area contributed by atoms with Crippen LogP contribution in [0.25, 0.3) is 0 Å². The molecule has 114 valence electrons. The second kappa shape index (κ2) is 6.56. The summed E-state index contributed by atoms with van der Waals surface area (Å²) in [7, 11) is -3.35. The highest BCUT2D eigenvalue weighted by molar-refractivity contribution is 7.89. The molecule has 4 nitrogen and oxygen atoms in total. The van der Waals surface area contributed by atoms with E-state index in [2.05, 4.69) is 23.9 Å². The summed E-state index contributed by atoms with van der Waals surface area (Å²) >= 11 is 1.56. The van der Waals surface area contributed by atoms with E-state index in [4.69, 9.17) is 0 Å². The van der Waals surface area contributed by atoms with Crippen LogP contribution in [0.3, 0.4) is 0 Å². The number of sulfonamides is 1. The lowest BCUT2D eigenvalue weighted by Crippen LogP contribution is -2.26. The van der Waals surface area contributed by atoms with Gasteiger partial charge >= 0.3 is 0 Å². The Morgan fingerprint density at radius 3 is 2.75 bits per heavy atom. The summed E-state index contributed by atoms with van der Waals surface area (Å²) in [4.78, 5) is 2.40. The van der Waals surface area contributed by atoms with Crippen LogP contribution in [0.15, 0.2) is 11.0 Å². The van der Waals surface area contributed by atoms with Gasteiger partial charge in [-0.2, -0.15) is 0 Å². The molecule has 6 heteroatoms. The van der Waals surface area contributed by atoms with Gasteiger partial charge in [-0.1, -0.05) is 13.8 Å². The summed E-state index contributed by atoms with van der Waals surface area (Å²) in [5, 5.41) is 3.30. The smallest absolute Gasteiger partial charge is 0.241 e. The van der Waals surface area contributed by atoms with Crippen molar-refractivity contribution >= 4 is 21.4 Å². The van der Waals surface area contributed by atoms with E-state index in [0.717, 1.165) is 35.7 Å². The molecule has 1 heterocycles. The van der Waals surface area contributed by atoms with Gasteiger partial charge in [-0.15, -0.1) is 11.3 Å². The summed E-state index contributed by atoms with van der Waals surface area (Å²) < 4.78 is 27.4. The highest BCUT2D eigenvalue weighted by atomic mass is 32.2. The Labute approximate surface area is 126 Å². The lowest BCUT2D eigenvalue weighted by molar-refractivity contribution is 0.574. The van der Waals surface area contributed by atoms with Crippen LogP contribution in [-0.4, -0.2) is 21.5 Å². The molecule has 0 radical (unpaired) electrons. The summed E-state index contributed by atoms with van der Waals surface area (Å²) in [6.07, 6.45) is 2.22. The normalized spacial score (nSPS) is 22.1. The van der Waals surface area contributed by atoms with E-state index in [-0.39, 0.29) is 0 Å². The van der Waals surface area contributed by atoms with Crippen molar-refractivity contribution < 1.29 is 8.42 Å². The third kappa shape index (κ3) is 4.04. The van der Waals surface area contributed by atoms with Crippen molar-refractivity contribution in [3.05, 3.63) is 15.8 Å². The van der Waals surface area contributed by atoms with E-state index in [1.807, 2.05) is 6.92 Å². The third-order valence-corrected chi connectivity index (χ3v) is 6.48. The molecular weight excluding hydrogens is 292 g/mol. The summed E-state index contributed by atoms with van der Waals surface area (Å²) in [6.45, 7) is 8.42. The Kier molecular flexibility index (Phi) is 5.23. The van der Waals surface area contributed by atoms with Crippen LogP contribution in [0.1, 0.15) is 36.4 Å². The maximum atomic E-state index is 12.3. The summed E-state index contributed by atoms with van der Waals surface area (Å²) in [5.41, 5.74) is 0. The molecule has 0 spiro atoms. The SMILES string of the molecule is CCCNCc1cc(S(=O)(=O)NCC2CC2C)c(C)s1. The van der Waals surface area contributed by atoms with Crippen LogP contribution < -0.4 is 10.0 Å². The predicted molar refractivity (Wildman–Crippen MR) is 83.5 cm³/mol. The quantitative estimate of drug-likeness (QED) is 0.725. The maximum absolute atomic E-state index is 12.3. The van der Waals surface area contributed by atoms with Gasteiger partial charge in [0.2, 0.25) is 10.0 Å². The molecule has 0 bridgehead atoms. The largest absolute Gasteiger partial charge is 0.312 e. The first kappa shape index (κ1) is 15.9. The Morgan fingerprint density at radius 1 is 1.45 bits per heavy atom. The molecule has 2 N–H and O–H groups in total. The van der Waals surface area contributed by atoms with Crippen molar-refractivity contribution in [3.63, 3.8) is 0 Å². The standard InChI is InChI=1S/C14H24N2O2S2/c1-4-5-15-9-13-7-14(11(3)19-13)20(17,18)16-8-12-6-10(12)2/h7,10,12,15-16H,4-6,8-9H2,1-3H3. The fourth-order valence-electron chi connectivity index (χ4n) is 2.24. The average molecular weight is 316 g/mol. The first-order chi connectivity index (χ1) is 9.44.